The van der Waals surface area contributed by atoms with E-state index in [0.29, 0.717) is 56.0 Å². The lowest BCUT2D eigenvalue weighted by Gasteiger charge is -2.25. The first-order valence-electron chi connectivity index (χ1n) is 7.53. The van der Waals surface area contributed by atoms with Crippen molar-refractivity contribution in [3.05, 3.63) is 11.8 Å². The maximum Gasteiger partial charge on any atom is 0.295 e. The largest absolute Gasteiger partial charge is 0.475 e. The van der Waals surface area contributed by atoms with Crippen molar-refractivity contribution in [2.75, 3.05) is 19.7 Å². The van der Waals surface area contributed by atoms with Crippen molar-refractivity contribution in [3.63, 3.8) is 0 Å². The van der Waals surface area contributed by atoms with Crippen LogP contribution in [-0.4, -0.2) is 46.3 Å². The number of hydrogen-bond donors (Lipinski definition) is 0. The summed E-state index contributed by atoms with van der Waals surface area (Å²) in [6.45, 7) is -1.70. The minimum absolute atomic E-state index is 0.0974. The molecule has 0 spiro atoms. The average molecular weight is 353 g/mol. The Morgan fingerprint density at radius 1 is 1.17 bits per heavy atom. The molecular weight excluding hydrogens is 334 g/mol. The van der Waals surface area contributed by atoms with Crippen LogP contribution >= 0.6 is 11.7 Å². The molecule has 2 rings (SSSR count). The molecule has 0 unspecified atom stereocenters. The van der Waals surface area contributed by atoms with E-state index in [1.165, 1.54) is 0 Å². The van der Waals surface area contributed by atoms with Gasteiger partial charge in [0.15, 0.2) is 0 Å². The van der Waals surface area contributed by atoms with E-state index in [1.807, 2.05) is 6.08 Å². The van der Waals surface area contributed by atoms with Crippen molar-refractivity contribution < 1.29 is 22.3 Å². The van der Waals surface area contributed by atoms with E-state index in [9.17, 15) is 17.6 Å². The van der Waals surface area contributed by atoms with Gasteiger partial charge in [-0.2, -0.15) is 13.2 Å². The van der Waals surface area contributed by atoms with E-state index in [-0.39, 0.29) is 13.0 Å². The number of hydrogen-bond acceptors (Lipinski definition) is 5. The van der Waals surface area contributed by atoms with Gasteiger partial charge in [-0.15, -0.1) is 4.37 Å². The highest BCUT2D eigenvalue weighted by Gasteiger charge is 2.24. The Bertz CT molecular complexity index is 510. The standard InChI is InChI=1S/C14H19F4N3OS/c15-11(16)6-2-1-3-8-22-13-12(19-23-20-13)10-5-4-7-21(9-10)14(17)18/h5,11,14H,1-4,6-9H2. The minimum Gasteiger partial charge on any atom is -0.475 e. The molecule has 0 radical (unpaired) electrons. The van der Waals surface area contributed by atoms with E-state index in [1.54, 1.807) is 0 Å². The fraction of sp³-hybridized carbons (Fsp3) is 0.714. The highest BCUT2D eigenvalue weighted by molar-refractivity contribution is 6.99. The van der Waals surface area contributed by atoms with Gasteiger partial charge in [0.1, 0.15) is 5.69 Å². The zero-order valence-electron chi connectivity index (χ0n) is 12.6. The molecule has 0 atom stereocenters. The molecule has 0 amide bonds. The number of halogens is 4. The summed E-state index contributed by atoms with van der Waals surface area (Å²) in [5, 5.41) is 0. The predicted octanol–water partition coefficient (Wildman–Crippen LogP) is 4.05. The number of aromatic nitrogens is 2. The van der Waals surface area contributed by atoms with Crippen LogP contribution in [0.15, 0.2) is 6.08 Å². The van der Waals surface area contributed by atoms with Crippen LogP contribution in [0.2, 0.25) is 0 Å². The van der Waals surface area contributed by atoms with E-state index in [0.717, 1.165) is 16.6 Å². The van der Waals surface area contributed by atoms with Gasteiger partial charge in [0.05, 0.1) is 18.3 Å². The second-order valence-corrected chi connectivity index (χ2v) is 5.80. The summed E-state index contributed by atoms with van der Waals surface area (Å²) in [6.07, 6.45) is 1.80. The van der Waals surface area contributed by atoms with Gasteiger partial charge in [0.25, 0.3) is 12.4 Å². The Kier molecular flexibility index (Phi) is 7.22. The molecule has 9 heteroatoms. The third-order valence-corrected chi connectivity index (χ3v) is 4.04. The molecule has 1 aliphatic heterocycles. The lowest BCUT2D eigenvalue weighted by atomic mass is 10.1. The summed E-state index contributed by atoms with van der Waals surface area (Å²) < 4.78 is 63.3. The van der Waals surface area contributed by atoms with Crippen molar-refractivity contribution in [2.45, 2.75) is 45.1 Å². The fourth-order valence-electron chi connectivity index (χ4n) is 2.32. The molecule has 1 aliphatic rings. The SMILES string of the molecule is FC(F)CCCCCOc1nsnc1C1=CCCN(C(F)F)C1. The molecule has 130 valence electrons. The Labute approximate surface area is 136 Å². The summed E-state index contributed by atoms with van der Waals surface area (Å²) in [5.41, 5.74) is 1.20. The van der Waals surface area contributed by atoms with Gasteiger partial charge in [-0.25, -0.2) is 13.7 Å². The third-order valence-electron chi connectivity index (χ3n) is 3.52. The lowest BCUT2D eigenvalue weighted by Crippen LogP contribution is -2.34. The molecule has 1 aromatic rings. The topological polar surface area (TPSA) is 38.3 Å². The lowest BCUT2D eigenvalue weighted by molar-refractivity contribution is -0.0188. The summed E-state index contributed by atoms with van der Waals surface area (Å²) in [7, 11) is 0. The van der Waals surface area contributed by atoms with Crippen LogP contribution in [0, 0.1) is 0 Å². The Balaban J connectivity index is 1.81. The van der Waals surface area contributed by atoms with Gasteiger partial charge in [-0.05, 0) is 31.3 Å². The Morgan fingerprint density at radius 3 is 2.74 bits per heavy atom. The van der Waals surface area contributed by atoms with Crippen LogP contribution in [0.5, 0.6) is 5.88 Å². The van der Waals surface area contributed by atoms with Gasteiger partial charge in [0, 0.05) is 19.5 Å². The highest BCUT2D eigenvalue weighted by atomic mass is 32.1. The zero-order valence-corrected chi connectivity index (χ0v) is 13.4. The second kappa shape index (κ2) is 9.17. The zero-order chi connectivity index (χ0) is 16.7. The van der Waals surface area contributed by atoms with Crippen LogP contribution < -0.4 is 4.74 Å². The van der Waals surface area contributed by atoms with Crippen molar-refractivity contribution in [1.82, 2.24) is 13.6 Å². The molecule has 0 aliphatic carbocycles. The molecule has 1 aromatic heterocycles. The van der Waals surface area contributed by atoms with Crippen LogP contribution in [0.1, 0.15) is 37.8 Å². The summed E-state index contributed by atoms with van der Waals surface area (Å²) in [6, 6.07) is 0. The monoisotopic (exact) mass is 353 g/mol. The number of ether oxygens (including phenoxy) is 1. The number of rotatable bonds is 9. The quantitative estimate of drug-likeness (QED) is 0.381. The molecule has 2 heterocycles. The van der Waals surface area contributed by atoms with Gasteiger partial charge in [0.2, 0.25) is 6.43 Å². The maximum atomic E-state index is 12.8. The molecule has 4 nitrogen and oxygen atoms in total. The van der Waals surface area contributed by atoms with Crippen molar-refractivity contribution in [3.8, 4) is 5.88 Å². The number of alkyl halides is 4. The van der Waals surface area contributed by atoms with Crippen molar-refractivity contribution in [2.24, 2.45) is 0 Å². The molecule has 0 N–H and O–H groups in total. The van der Waals surface area contributed by atoms with E-state index in [2.05, 4.69) is 8.75 Å². The van der Waals surface area contributed by atoms with Gasteiger partial charge in [-0.3, -0.25) is 0 Å². The number of unbranched alkanes of at least 4 members (excludes halogenated alkanes) is 2. The molecular formula is C14H19F4N3OS. The second-order valence-electron chi connectivity index (χ2n) is 5.27. The normalized spacial score (nSPS) is 16.2. The summed E-state index contributed by atoms with van der Waals surface area (Å²) in [4.78, 5) is 1.07. The molecule has 0 bridgehead atoms. The fourth-order valence-corrected chi connectivity index (χ4v) is 2.85. The third kappa shape index (κ3) is 5.72. The Hall–Kier alpha value is -1.22. The minimum atomic E-state index is -2.50. The molecule has 0 fully saturated rings. The van der Waals surface area contributed by atoms with Crippen LogP contribution in [0.25, 0.3) is 5.57 Å². The maximum absolute atomic E-state index is 12.8. The smallest absolute Gasteiger partial charge is 0.295 e. The summed E-state index contributed by atoms with van der Waals surface area (Å²) >= 11 is 0.971. The molecule has 0 aromatic carbocycles. The first-order chi connectivity index (χ1) is 11.1. The summed E-state index contributed by atoms with van der Waals surface area (Å²) in [5.74, 6) is 0.339. The predicted molar refractivity (Wildman–Crippen MR) is 80.0 cm³/mol. The highest BCUT2D eigenvalue weighted by Crippen LogP contribution is 2.28. The molecule has 0 saturated carbocycles. The Morgan fingerprint density at radius 2 is 2.00 bits per heavy atom. The van der Waals surface area contributed by atoms with E-state index >= 15 is 0 Å². The first-order valence-corrected chi connectivity index (χ1v) is 8.26. The van der Waals surface area contributed by atoms with Gasteiger partial charge < -0.3 is 4.74 Å². The van der Waals surface area contributed by atoms with E-state index in [4.69, 9.17) is 4.74 Å². The van der Waals surface area contributed by atoms with Crippen molar-refractivity contribution in [1.29, 1.82) is 0 Å². The van der Waals surface area contributed by atoms with Crippen LogP contribution in [0.4, 0.5) is 17.6 Å². The molecule has 23 heavy (non-hydrogen) atoms. The number of nitrogens with zero attached hydrogens (tertiary/aromatic N) is 3. The molecule has 0 saturated heterocycles. The van der Waals surface area contributed by atoms with E-state index < -0.39 is 13.0 Å². The average Bonchev–Trinajstić information content (AvgIpc) is 2.99. The van der Waals surface area contributed by atoms with Crippen molar-refractivity contribution >= 4 is 17.3 Å². The first kappa shape index (κ1) is 18.1. The van der Waals surface area contributed by atoms with Crippen LogP contribution in [0.3, 0.4) is 0 Å². The van der Waals surface area contributed by atoms with Crippen LogP contribution in [-0.2, 0) is 0 Å². The van der Waals surface area contributed by atoms with Gasteiger partial charge >= 0.3 is 0 Å². The van der Waals surface area contributed by atoms with Gasteiger partial charge in [-0.1, -0.05) is 6.08 Å².